The number of nitrogens with zero attached hydrogens (tertiary/aromatic N) is 6. The van der Waals surface area contributed by atoms with E-state index < -0.39 is 6.03 Å². The molecule has 0 unspecified atom stereocenters. The molecule has 3 aromatic heterocycles. The number of aromatic nitrogens is 4. The lowest BCUT2D eigenvalue weighted by Crippen LogP contribution is -2.50. The average molecular weight is 577 g/mol. The predicted octanol–water partition coefficient (Wildman–Crippen LogP) is 3.87. The van der Waals surface area contributed by atoms with Gasteiger partial charge in [-0.3, -0.25) is 34.4 Å². The second kappa shape index (κ2) is 10.9. The molecule has 2 saturated heterocycles. The molecule has 0 atom stereocenters. The summed E-state index contributed by atoms with van der Waals surface area (Å²) < 4.78 is 2.04. The number of carbonyl (C=O) groups excluding carboxylic acids is 3. The van der Waals surface area contributed by atoms with E-state index in [0.29, 0.717) is 42.5 Å². The number of anilines is 2. The van der Waals surface area contributed by atoms with Crippen LogP contribution in [0.15, 0.2) is 36.9 Å². The normalized spacial score (nSPS) is 19.2. The molecule has 0 aromatic carbocycles. The number of fused-ring (bicyclic) bond motifs is 1. The molecule has 3 aromatic rings. The van der Waals surface area contributed by atoms with Gasteiger partial charge in [0.05, 0.1) is 23.1 Å². The van der Waals surface area contributed by atoms with Crippen LogP contribution in [0.2, 0.25) is 5.02 Å². The number of nitrogens with one attached hydrogen (secondary N) is 2. The second-order valence-corrected chi connectivity index (χ2v) is 12.3. The van der Waals surface area contributed by atoms with E-state index in [4.69, 9.17) is 11.6 Å². The van der Waals surface area contributed by atoms with Crippen molar-refractivity contribution in [1.29, 1.82) is 0 Å². The van der Waals surface area contributed by atoms with Crippen LogP contribution < -0.4 is 15.5 Å². The van der Waals surface area contributed by atoms with E-state index in [1.165, 1.54) is 0 Å². The second-order valence-electron chi connectivity index (χ2n) is 11.9. The number of imide groups is 1. The molecular weight excluding hydrogens is 544 g/mol. The lowest BCUT2D eigenvalue weighted by molar-refractivity contribution is -0.121. The highest BCUT2D eigenvalue weighted by molar-refractivity contribution is 6.33. The third kappa shape index (κ3) is 5.69. The van der Waals surface area contributed by atoms with Gasteiger partial charge in [0.25, 0.3) is 0 Å². The number of urea groups is 1. The number of hydrogen-bond donors (Lipinski definition) is 2. The van der Waals surface area contributed by atoms with E-state index in [2.05, 4.69) is 44.4 Å². The number of piperidine rings is 1. The lowest BCUT2D eigenvalue weighted by atomic mass is 9.89. The molecule has 2 N–H and O–H groups in total. The summed E-state index contributed by atoms with van der Waals surface area (Å²) >= 11 is 6.54. The van der Waals surface area contributed by atoms with E-state index in [9.17, 15) is 14.4 Å². The smallest absolute Gasteiger partial charge is 0.310 e. The first-order valence-electron chi connectivity index (χ1n) is 13.9. The fourth-order valence-corrected chi connectivity index (χ4v) is 6.20. The molecule has 0 spiro atoms. The van der Waals surface area contributed by atoms with Crippen LogP contribution in [0.4, 0.5) is 16.3 Å². The van der Waals surface area contributed by atoms with Crippen LogP contribution in [0.5, 0.6) is 0 Å². The summed E-state index contributed by atoms with van der Waals surface area (Å²) in [5.74, 6) is 0.0283. The van der Waals surface area contributed by atoms with Crippen LogP contribution in [-0.2, 0) is 29.1 Å². The number of likely N-dealkylation sites (tertiary alicyclic amines) is 1. The number of halogens is 1. The Morgan fingerprint density at radius 1 is 1.15 bits per heavy atom. The van der Waals surface area contributed by atoms with Crippen molar-refractivity contribution < 1.29 is 14.4 Å². The summed E-state index contributed by atoms with van der Waals surface area (Å²) in [5.41, 5.74) is 4.77. The van der Waals surface area contributed by atoms with Gasteiger partial charge in [0.1, 0.15) is 5.82 Å². The van der Waals surface area contributed by atoms with Crippen LogP contribution in [0, 0.1) is 11.3 Å². The number of amides is 4. The monoisotopic (exact) mass is 576 g/mol. The van der Waals surface area contributed by atoms with Crippen molar-refractivity contribution in [3.8, 4) is 11.1 Å². The van der Waals surface area contributed by atoms with E-state index >= 15 is 0 Å². The molecule has 0 radical (unpaired) electrons. The van der Waals surface area contributed by atoms with Gasteiger partial charge in [-0.2, -0.15) is 5.10 Å². The minimum Gasteiger partial charge on any atom is -0.310 e. The molecule has 0 aliphatic carbocycles. The molecular formula is C29H33ClN8O3. The maximum Gasteiger partial charge on any atom is 0.328 e. The number of hydrogen-bond acceptors (Lipinski definition) is 7. The molecule has 0 saturated carbocycles. The van der Waals surface area contributed by atoms with E-state index in [0.717, 1.165) is 48.4 Å². The minimum atomic E-state index is -0.425. The van der Waals surface area contributed by atoms with Crippen LogP contribution in [0.3, 0.4) is 0 Å². The average Bonchev–Trinajstić information content (AvgIpc) is 3.45. The first kappa shape index (κ1) is 27.3. The Labute approximate surface area is 243 Å². The maximum absolute atomic E-state index is 13.2. The quantitative estimate of drug-likeness (QED) is 0.456. The Hall–Kier alpha value is -3.83. The van der Waals surface area contributed by atoms with Crippen molar-refractivity contribution >= 4 is 41.0 Å². The highest BCUT2D eigenvalue weighted by atomic mass is 35.5. The largest absolute Gasteiger partial charge is 0.328 e. The summed E-state index contributed by atoms with van der Waals surface area (Å²) in [6.45, 7) is 7.74. The SMILES string of the molecule is CC1(C)Cc2c(-c3cc(NC(=O)C4CCN(Cc5ccncc5N5CCC(=O)NC5=O)CC4)ncc3Cl)cnn2C1. The maximum atomic E-state index is 13.2. The number of carbonyl (C=O) groups is 3. The van der Waals surface area contributed by atoms with Crippen LogP contribution >= 0.6 is 11.6 Å². The summed E-state index contributed by atoms with van der Waals surface area (Å²) in [5, 5.41) is 10.5. The van der Waals surface area contributed by atoms with Crippen molar-refractivity contribution in [1.82, 2.24) is 30.0 Å². The molecule has 11 nitrogen and oxygen atoms in total. The molecule has 12 heteroatoms. The van der Waals surface area contributed by atoms with Crippen molar-refractivity contribution in [3.05, 3.63) is 53.2 Å². The van der Waals surface area contributed by atoms with Crippen molar-refractivity contribution in [2.75, 3.05) is 29.9 Å². The van der Waals surface area contributed by atoms with Crippen molar-refractivity contribution in [2.45, 2.75) is 52.6 Å². The van der Waals surface area contributed by atoms with Gasteiger partial charge in [0.15, 0.2) is 0 Å². The van der Waals surface area contributed by atoms with Crippen molar-refractivity contribution in [2.24, 2.45) is 11.3 Å². The zero-order valence-corrected chi connectivity index (χ0v) is 23.9. The summed E-state index contributed by atoms with van der Waals surface area (Å²) in [7, 11) is 0. The topological polar surface area (TPSA) is 125 Å². The van der Waals surface area contributed by atoms with Gasteiger partial charge in [-0.25, -0.2) is 9.78 Å². The molecule has 3 aliphatic rings. The number of rotatable bonds is 6. The molecule has 0 bridgehead atoms. The fourth-order valence-electron chi connectivity index (χ4n) is 5.99. The first-order chi connectivity index (χ1) is 19.7. The van der Waals surface area contributed by atoms with Gasteiger partial charge in [-0.05, 0) is 55.5 Å². The Balaban J connectivity index is 1.08. The van der Waals surface area contributed by atoms with Gasteiger partial charge in [0.2, 0.25) is 11.8 Å². The third-order valence-corrected chi connectivity index (χ3v) is 8.46. The van der Waals surface area contributed by atoms with Gasteiger partial charge in [-0.15, -0.1) is 0 Å². The Morgan fingerprint density at radius 2 is 1.95 bits per heavy atom. The van der Waals surface area contributed by atoms with E-state index in [1.54, 1.807) is 23.5 Å². The summed E-state index contributed by atoms with van der Waals surface area (Å²) in [6.07, 6.45) is 9.38. The molecule has 2 fully saturated rings. The minimum absolute atomic E-state index is 0.0500. The third-order valence-electron chi connectivity index (χ3n) is 8.15. The van der Waals surface area contributed by atoms with E-state index in [-0.39, 0.29) is 29.6 Å². The molecule has 41 heavy (non-hydrogen) atoms. The predicted molar refractivity (Wildman–Crippen MR) is 154 cm³/mol. The Kier molecular flexibility index (Phi) is 7.25. The summed E-state index contributed by atoms with van der Waals surface area (Å²) in [4.78, 5) is 49.6. The first-order valence-corrected chi connectivity index (χ1v) is 14.3. The zero-order chi connectivity index (χ0) is 28.7. The zero-order valence-electron chi connectivity index (χ0n) is 23.2. The standard InChI is InChI=1S/C29H33ClN8O3/c1-29(2)12-23-21(13-33-38(23)17-29)20-11-25(32-14-22(20)30)34-27(40)18-4-8-36(9-5-18)16-19-3-7-31-15-24(19)37-10-6-26(39)35-28(37)41/h3,7,11,13-15,18H,4-6,8-10,12,16-17H2,1-2H3,(H,32,34,40)(H,35,39,41). The molecule has 214 valence electrons. The molecule has 6 heterocycles. The highest BCUT2D eigenvalue weighted by Crippen LogP contribution is 2.39. The summed E-state index contributed by atoms with van der Waals surface area (Å²) in [6, 6.07) is 3.32. The van der Waals surface area contributed by atoms with Crippen LogP contribution in [0.25, 0.3) is 11.1 Å². The molecule has 6 rings (SSSR count). The van der Waals surface area contributed by atoms with E-state index in [1.807, 2.05) is 23.0 Å². The molecule has 3 aliphatic heterocycles. The van der Waals surface area contributed by atoms with Gasteiger partial charge in [-0.1, -0.05) is 25.4 Å². The Morgan fingerprint density at radius 3 is 2.73 bits per heavy atom. The van der Waals surface area contributed by atoms with Crippen molar-refractivity contribution in [3.63, 3.8) is 0 Å². The number of pyridine rings is 2. The van der Waals surface area contributed by atoms with Crippen LogP contribution in [-0.4, -0.2) is 62.1 Å². The lowest BCUT2D eigenvalue weighted by Gasteiger charge is -2.33. The fraction of sp³-hybridized carbons (Fsp3) is 0.448. The van der Waals surface area contributed by atoms with Gasteiger partial charge >= 0.3 is 6.03 Å². The van der Waals surface area contributed by atoms with Gasteiger partial charge in [0, 0.05) is 61.2 Å². The highest BCUT2D eigenvalue weighted by Gasteiger charge is 2.33. The Bertz CT molecular complexity index is 1510. The molecule has 4 amide bonds. The van der Waals surface area contributed by atoms with Crippen LogP contribution in [0.1, 0.15) is 44.4 Å². The van der Waals surface area contributed by atoms with Gasteiger partial charge < -0.3 is 5.32 Å².